The third-order valence-corrected chi connectivity index (χ3v) is 2.75. The maximum absolute atomic E-state index is 5.86. The number of nitrogens with zero attached hydrogens (tertiary/aromatic N) is 1. The van der Waals surface area contributed by atoms with Crippen molar-refractivity contribution >= 4 is 11.5 Å². The Balaban J connectivity index is 2.10. The SMILES string of the molecule is CC(C)(C)Oc1nc(NC2CCC2)ccc1N. The molecular formula is C13H21N3O. The van der Waals surface area contributed by atoms with Crippen molar-refractivity contribution in [2.24, 2.45) is 0 Å². The number of nitrogens with one attached hydrogen (secondary N) is 1. The van der Waals surface area contributed by atoms with Gasteiger partial charge in [-0.25, -0.2) is 0 Å². The van der Waals surface area contributed by atoms with E-state index in [1.54, 1.807) is 0 Å². The highest BCUT2D eigenvalue weighted by Gasteiger charge is 2.19. The van der Waals surface area contributed by atoms with E-state index in [-0.39, 0.29) is 5.60 Å². The lowest BCUT2D eigenvalue weighted by atomic mass is 9.93. The van der Waals surface area contributed by atoms with Crippen LogP contribution in [0.1, 0.15) is 40.0 Å². The quantitative estimate of drug-likeness (QED) is 0.845. The largest absolute Gasteiger partial charge is 0.470 e. The second-order valence-corrected chi connectivity index (χ2v) is 5.58. The molecule has 0 bridgehead atoms. The summed E-state index contributed by atoms with van der Waals surface area (Å²) in [6, 6.07) is 4.31. The first-order chi connectivity index (χ1) is 7.94. The minimum absolute atomic E-state index is 0.282. The molecule has 94 valence electrons. The van der Waals surface area contributed by atoms with E-state index in [2.05, 4.69) is 10.3 Å². The van der Waals surface area contributed by atoms with Gasteiger partial charge in [0.2, 0.25) is 5.88 Å². The number of aromatic nitrogens is 1. The fourth-order valence-electron chi connectivity index (χ4n) is 1.67. The molecule has 2 rings (SSSR count). The molecule has 0 radical (unpaired) electrons. The van der Waals surface area contributed by atoms with Gasteiger partial charge in [-0.1, -0.05) is 0 Å². The zero-order valence-electron chi connectivity index (χ0n) is 10.8. The lowest BCUT2D eigenvalue weighted by Gasteiger charge is -2.27. The molecule has 4 heteroatoms. The summed E-state index contributed by atoms with van der Waals surface area (Å²) < 4.78 is 5.73. The molecule has 1 aliphatic rings. The van der Waals surface area contributed by atoms with Crippen LogP contribution in [0.15, 0.2) is 12.1 Å². The average molecular weight is 235 g/mol. The summed E-state index contributed by atoms with van der Waals surface area (Å²) in [7, 11) is 0. The van der Waals surface area contributed by atoms with Crippen LogP contribution < -0.4 is 15.8 Å². The van der Waals surface area contributed by atoms with Gasteiger partial charge in [-0.05, 0) is 52.2 Å². The second-order valence-electron chi connectivity index (χ2n) is 5.58. The van der Waals surface area contributed by atoms with Gasteiger partial charge >= 0.3 is 0 Å². The lowest BCUT2D eigenvalue weighted by molar-refractivity contribution is 0.125. The predicted molar refractivity (Wildman–Crippen MR) is 70.3 cm³/mol. The Morgan fingerprint density at radius 2 is 2.06 bits per heavy atom. The van der Waals surface area contributed by atoms with Crippen LogP contribution >= 0.6 is 0 Å². The van der Waals surface area contributed by atoms with Crippen LogP contribution in [0, 0.1) is 0 Å². The minimum atomic E-state index is -0.282. The van der Waals surface area contributed by atoms with Crippen molar-refractivity contribution in [3.05, 3.63) is 12.1 Å². The van der Waals surface area contributed by atoms with Crippen molar-refractivity contribution in [2.45, 2.75) is 51.7 Å². The molecule has 4 nitrogen and oxygen atoms in total. The Hall–Kier alpha value is -1.45. The summed E-state index contributed by atoms with van der Waals surface area (Å²) in [4.78, 5) is 4.42. The van der Waals surface area contributed by atoms with E-state index in [9.17, 15) is 0 Å². The van der Waals surface area contributed by atoms with Crippen LogP contribution in [-0.2, 0) is 0 Å². The van der Waals surface area contributed by atoms with Crippen molar-refractivity contribution in [1.82, 2.24) is 4.98 Å². The Morgan fingerprint density at radius 3 is 2.59 bits per heavy atom. The van der Waals surface area contributed by atoms with Gasteiger partial charge < -0.3 is 15.8 Å². The molecule has 3 N–H and O–H groups in total. The summed E-state index contributed by atoms with van der Waals surface area (Å²) in [6.07, 6.45) is 3.75. The van der Waals surface area contributed by atoms with Crippen molar-refractivity contribution in [1.29, 1.82) is 0 Å². The molecule has 1 fully saturated rings. The van der Waals surface area contributed by atoms with Crippen LogP contribution in [0.4, 0.5) is 11.5 Å². The number of nitrogen functional groups attached to an aromatic ring is 1. The van der Waals surface area contributed by atoms with Crippen molar-refractivity contribution in [2.75, 3.05) is 11.1 Å². The Labute approximate surface area is 103 Å². The minimum Gasteiger partial charge on any atom is -0.470 e. The molecule has 0 atom stereocenters. The van der Waals surface area contributed by atoms with E-state index in [1.807, 2.05) is 32.9 Å². The smallest absolute Gasteiger partial charge is 0.239 e. The standard InChI is InChI=1S/C13H21N3O/c1-13(2,3)17-12-10(14)7-8-11(16-12)15-9-5-4-6-9/h7-9H,4-6,14H2,1-3H3,(H,15,16). The highest BCUT2D eigenvalue weighted by molar-refractivity contribution is 5.54. The number of rotatable bonds is 3. The highest BCUT2D eigenvalue weighted by Crippen LogP contribution is 2.27. The summed E-state index contributed by atoms with van der Waals surface area (Å²) in [5.74, 6) is 1.37. The summed E-state index contributed by atoms with van der Waals surface area (Å²) in [5, 5.41) is 3.39. The molecule has 0 aromatic carbocycles. The van der Waals surface area contributed by atoms with Crippen molar-refractivity contribution < 1.29 is 4.74 Å². The first-order valence-electron chi connectivity index (χ1n) is 6.16. The molecule has 17 heavy (non-hydrogen) atoms. The normalized spacial score (nSPS) is 16.4. The monoisotopic (exact) mass is 235 g/mol. The number of anilines is 2. The molecule has 1 aromatic rings. The first-order valence-corrected chi connectivity index (χ1v) is 6.16. The molecule has 0 amide bonds. The van der Waals surface area contributed by atoms with Crippen LogP contribution in [0.5, 0.6) is 5.88 Å². The summed E-state index contributed by atoms with van der Waals surface area (Å²) in [6.45, 7) is 5.96. The molecule has 1 heterocycles. The molecule has 1 saturated carbocycles. The van der Waals surface area contributed by atoms with Crippen LogP contribution in [0.3, 0.4) is 0 Å². The molecule has 0 spiro atoms. The Kier molecular flexibility index (Phi) is 3.13. The lowest BCUT2D eigenvalue weighted by Crippen LogP contribution is -2.28. The number of hydrogen-bond acceptors (Lipinski definition) is 4. The van der Waals surface area contributed by atoms with E-state index < -0.39 is 0 Å². The van der Waals surface area contributed by atoms with E-state index in [4.69, 9.17) is 10.5 Å². The highest BCUT2D eigenvalue weighted by atomic mass is 16.5. The number of pyridine rings is 1. The zero-order chi connectivity index (χ0) is 12.5. The van der Waals surface area contributed by atoms with Gasteiger partial charge in [-0.2, -0.15) is 4.98 Å². The van der Waals surface area contributed by atoms with Crippen LogP contribution in [-0.4, -0.2) is 16.6 Å². The third kappa shape index (κ3) is 3.25. The van der Waals surface area contributed by atoms with Crippen molar-refractivity contribution in [3.8, 4) is 5.88 Å². The molecule has 0 aliphatic heterocycles. The van der Waals surface area contributed by atoms with Gasteiger partial charge in [-0.15, -0.1) is 0 Å². The predicted octanol–water partition coefficient (Wildman–Crippen LogP) is 2.81. The molecular weight excluding hydrogens is 214 g/mol. The van der Waals surface area contributed by atoms with Crippen molar-refractivity contribution in [3.63, 3.8) is 0 Å². The molecule has 0 saturated heterocycles. The van der Waals surface area contributed by atoms with Gasteiger partial charge in [0.25, 0.3) is 0 Å². The van der Waals surface area contributed by atoms with E-state index in [1.165, 1.54) is 19.3 Å². The Morgan fingerprint density at radius 1 is 1.35 bits per heavy atom. The molecule has 1 aromatic heterocycles. The first kappa shape index (κ1) is 12.0. The average Bonchev–Trinajstić information content (AvgIpc) is 2.14. The molecule has 1 aliphatic carbocycles. The topological polar surface area (TPSA) is 60.2 Å². The van der Waals surface area contributed by atoms with Crippen LogP contribution in [0.2, 0.25) is 0 Å². The summed E-state index contributed by atoms with van der Waals surface area (Å²) in [5.41, 5.74) is 6.16. The van der Waals surface area contributed by atoms with E-state index in [0.717, 1.165) is 5.82 Å². The van der Waals surface area contributed by atoms with Gasteiger partial charge in [0, 0.05) is 6.04 Å². The maximum atomic E-state index is 5.86. The van der Waals surface area contributed by atoms with E-state index in [0.29, 0.717) is 17.6 Å². The van der Waals surface area contributed by atoms with Crippen LogP contribution in [0.25, 0.3) is 0 Å². The summed E-state index contributed by atoms with van der Waals surface area (Å²) >= 11 is 0. The Bertz CT molecular complexity index is 394. The fraction of sp³-hybridized carbons (Fsp3) is 0.615. The van der Waals surface area contributed by atoms with Gasteiger partial charge in [0.1, 0.15) is 11.4 Å². The van der Waals surface area contributed by atoms with E-state index >= 15 is 0 Å². The van der Waals surface area contributed by atoms with Gasteiger partial charge in [0.05, 0.1) is 5.69 Å². The second kappa shape index (κ2) is 4.43. The fourth-order valence-corrected chi connectivity index (χ4v) is 1.67. The number of hydrogen-bond donors (Lipinski definition) is 2. The number of ether oxygens (including phenoxy) is 1. The molecule has 0 unspecified atom stereocenters. The maximum Gasteiger partial charge on any atom is 0.239 e. The zero-order valence-corrected chi connectivity index (χ0v) is 10.8. The van der Waals surface area contributed by atoms with Gasteiger partial charge in [0.15, 0.2) is 0 Å². The van der Waals surface area contributed by atoms with Gasteiger partial charge in [-0.3, -0.25) is 0 Å². The number of nitrogens with two attached hydrogens (primary N) is 1. The third-order valence-electron chi connectivity index (χ3n) is 2.75.